The zero-order valence-electron chi connectivity index (χ0n) is 11.3. The van der Waals surface area contributed by atoms with Crippen molar-refractivity contribution >= 4 is 0 Å². The van der Waals surface area contributed by atoms with Crippen LogP contribution in [0.4, 0.5) is 4.39 Å². The number of aromatic nitrogens is 2. The third-order valence-electron chi connectivity index (χ3n) is 3.98. The van der Waals surface area contributed by atoms with Crippen LogP contribution in [0.1, 0.15) is 17.0 Å². The molecule has 0 spiro atoms. The minimum atomic E-state index is -0.162. The highest BCUT2D eigenvalue weighted by atomic mass is 19.1. The van der Waals surface area contributed by atoms with Crippen LogP contribution >= 0.6 is 0 Å². The van der Waals surface area contributed by atoms with E-state index in [9.17, 15) is 4.39 Å². The Morgan fingerprint density at radius 3 is 2.68 bits per heavy atom. The van der Waals surface area contributed by atoms with Crippen molar-refractivity contribution in [2.75, 3.05) is 13.1 Å². The molecule has 0 aliphatic carbocycles. The summed E-state index contributed by atoms with van der Waals surface area (Å²) in [5.74, 6) is -0.162. The van der Waals surface area contributed by atoms with Crippen LogP contribution in [0.15, 0.2) is 30.3 Å². The van der Waals surface area contributed by atoms with Gasteiger partial charge in [0.1, 0.15) is 5.82 Å². The number of rotatable bonds is 3. The molecule has 3 nitrogen and oxygen atoms in total. The number of nitrogens with one attached hydrogen (secondary N) is 1. The summed E-state index contributed by atoms with van der Waals surface area (Å²) < 4.78 is 15.4. The second-order valence-electron chi connectivity index (χ2n) is 5.47. The molecule has 1 N–H and O–H groups in total. The molecule has 19 heavy (non-hydrogen) atoms. The van der Waals surface area contributed by atoms with Gasteiger partial charge in [-0.05, 0) is 30.7 Å². The van der Waals surface area contributed by atoms with E-state index in [0.717, 1.165) is 30.8 Å². The largest absolute Gasteiger partial charge is 0.315 e. The molecule has 0 radical (unpaired) electrons. The number of nitrogens with zero attached hydrogens (tertiary/aromatic N) is 2. The van der Waals surface area contributed by atoms with Gasteiger partial charge in [-0.1, -0.05) is 12.1 Å². The Balaban J connectivity index is 1.94. The van der Waals surface area contributed by atoms with Crippen molar-refractivity contribution in [1.82, 2.24) is 15.1 Å². The zero-order valence-corrected chi connectivity index (χ0v) is 11.3. The maximum Gasteiger partial charge on any atom is 0.123 e. The number of halogens is 1. The molecule has 1 saturated heterocycles. The van der Waals surface area contributed by atoms with Crippen molar-refractivity contribution in [3.63, 3.8) is 0 Å². The van der Waals surface area contributed by atoms with Gasteiger partial charge in [-0.15, -0.1) is 0 Å². The summed E-state index contributed by atoms with van der Waals surface area (Å²) in [5, 5.41) is 7.70. The SMILES string of the molecule is Cc1cc(CC2(c3cccc(F)c3)CNC2)n(C)n1. The Hall–Kier alpha value is -1.68. The van der Waals surface area contributed by atoms with E-state index >= 15 is 0 Å². The van der Waals surface area contributed by atoms with Crippen LogP contribution in [0, 0.1) is 12.7 Å². The molecular weight excluding hydrogens is 241 g/mol. The van der Waals surface area contributed by atoms with Crippen LogP contribution in [-0.4, -0.2) is 22.9 Å². The van der Waals surface area contributed by atoms with Crippen LogP contribution in [0.2, 0.25) is 0 Å². The van der Waals surface area contributed by atoms with Crippen molar-refractivity contribution in [2.45, 2.75) is 18.8 Å². The van der Waals surface area contributed by atoms with Crippen LogP contribution in [0.25, 0.3) is 0 Å². The van der Waals surface area contributed by atoms with Gasteiger partial charge >= 0.3 is 0 Å². The summed E-state index contributed by atoms with van der Waals surface area (Å²) in [7, 11) is 1.97. The Morgan fingerprint density at radius 1 is 1.37 bits per heavy atom. The first-order chi connectivity index (χ1) is 9.09. The van der Waals surface area contributed by atoms with Gasteiger partial charge < -0.3 is 5.32 Å². The quantitative estimate of drug-likeness (QED) is 0.913. The monoisotopic (exact) mass is 259 g/mol. The van der Waals surface area contributed by atoms with E-state index in [-0.39, 0.29) is 11.2 Å². The molecule has 0 unspecified atom stereocenters. The Bertz CT molecular complexity index is 599. The van der Waals surface area contributed by atoms with E-state index in [4.69, 9.17) is 0 Å². The highest BCUT2D eigenvalue weighted by Gasteiger charge is 2.39. The van der Waals surface area contributed by atoms with Crippen LogP contribution in [0.5, 0.6) is 0 Å². The normalized spacial score (nSPS) is 17.2. The van der Waals surface area contributed by atoms with Crippen molar-refractivity contribution < 1.29 is 4.39 Å². The van der Waals surface area contributed by atoms with Gasteiger partial charge in [0.2, 0.25) is 0 Å². The lowest BCUT2D eigenvalue weighted by Gasteiger charge is -2.43. The first kappa shape index (κ1) is 12.4. The summed E-state index contributed by atoms with van der Waals surface area (Å²) in [5.41, 5.74) is 3.30. The van der Waals surface area contributed by atoms with E-state index in [2.05, 4.69) is 16.5 Å². The second-order valence-corrected chi connectivity index (χ2v) is 5.47. The summed E-state index contributed by atoms with van der Waals surface area (Å²) >= 11 is 0. The summed E-state index contributed by atoms with van der Waals surface area (Å²) in [6, 6.07) is 9.08. The lowest BCUT2D eigenvalue weighted by molar-refractivity contribution is 0.269. The predicted octanol–water partition coefficient (Wildman–Crippen LogP) is 1.95. The fourth-order valence-corrected chi connectivity index (χ4v) is 2.85. The molecule has 0 atom stereocenters. The third-order valence-corrected chi connectivity index (χ3v) is 3.98. The number of hydrogen-bond donors (Lipinski definition) is 1. The molecule has 1 aliphatic rings. The smallest absolute Gasteiger partial charge is 0.123 e. The van der Waals surface area contributed by atoms with Crippen LogP contribution < -0.4 is 5.32 Å². The molecule has 0 amide bonds. The molecule has 1 aromatic carbocycles. The van der Waals surface area contributed by atoms with Gasteiger partial charge in [0, 0.05) is 37.7 Å². The summed E-state index contributed by atoms with van der Waals surface area (Å²) in [6.07, 6.45) is 0.890. The average Bonchev–Trinajstić information content (AvgIpc) is 2.62. The molecule has 1 aromatic heterocycles. The molecule has 100 valence electrons. The predicted molar refractivity (Wildman–Crippen MR) is 72.6 cm³/mol. The van der Waals surface area contributed by atoms with Crippen molar-refractivity contribution in [3.8, 4) is 0 Å². The zero-order chi connectivity index (χ0) is 13.5. The fraction of sp³-hybridized carbons (Fsp3) is 0.400. The first-order valence-electron chi connectivity index (χ1n) is 6.55. The number of aryl methyl sites for hydroxylation is 2. The van der Waals surface area contributed by atoms with Gasteiger partial charge in [-0.3, -0.25) is 4.68 Å². The Labute approximate surface area is 112 Å². The summed E-state index contributed by atoms with van der Waals surface area (Å²) in [6.45, 7) is 3.78. The standard InChI is InChI=1S/C15H18FN3/c1-11-6-14(19(2)18-11)8-15(9-17-10-15)12-4-3-5-13(16)7-12/h3-7,17H,8-10H2,1-2H3. The van der Waals surface area contributed by atoms with Crippen molar-refractivity contribution in [1.29, 1.82) is 0 Å². The topological polar surface area (TPSA) is 29.9 Å². The molecule has 0 saturated carbocycles. The molecule has 0 bridgehead atoms. The molecule has 1 aliphatic heterocycles. The van der Waals surface area contributed by atoms with Gasteiger partial charge in [-0.2, -0.15) is 5.10 Å². The van der Waals surface area contributed by atoms with Gasteiger partial charge in [-0.25, -0.2) is 4.39 Å². The first-order valence-corrected chi connectivity index (χ1v) is 6.55. The van der Waals surface area contributed by atoms with Crippen molar-refractivity contribution in [2.24, 2.45) is 7.05 Å². The minimum Gasteiger partial charge on any atom is -0.315 e. The molecule has 1 fully saturated rings. The van der Waals surface area contributed by atoms with Gasteiger partial charge in [0.05, 0.1) is 5.69 Å². The number of benzene rings is 1. The Morgan fingerprint density at radius 2 is 2.16 bits per heavy atom. The highest BCUT2D eigenvalue weighted by Crippen LogP contribution is 2.32. The number of hydrogen-bond acceptors (Lipinski definition) is 2. The van der Waals surface area contributed by atoms with E-state index in [0.29, 0.717) is 0 Å². The minimum absolute atomic E-state index is 0.00231. The van der Waals surface area contributed by atoms with E-state index < -0.39 is 0 Å². The second kappa shape index (κ2) is 4.46. The van der Waals surface area contributed by atoms with Gasteiger partial charge in [0.15, 0.2) is 0 Å². The lowest BCUT2D eigenvalue weighted by atomic mass is 9.72. The van der Waals surface area contributed by atoms with Crippen molar-refractivity contribution in [3.05, 3.63) is 53.1 Å². The average molecular weight is 259 g/mol. The van der Waals surface area contributed by atoms with Crippen LogP contribution in [0.3, 0.4) is 0 Å². The van der Waals surface area contributed by atoms with E-state index in [1.807, 2.05) is 24.7 Å². The maximum absolute atomic E-state index is 13.4. The molecular formula is C15H18FN3. The fourth-order valence-electron chi connectivity index (χ4n) is 2.85. The summed E-state index contributed by atoms with van der Waals surface area (Å²) in [4.78, 5) is 0. The highest BCUT2D eigenvalue weighted by molar-refractivity contribution is 5.33. The molecule has 2 aromatic rings. The van der Waals surface area contributed by atoms with E-state index in [1.165, 1.54) is 11.8 Å². The molecule has 4 heteroatoms. The van der Waals surface area contributed by atoms with E-state index in [1.54, 1.807) is 12.1 Å². The Kier molecular flexibility index (Phi) is 2.90. The lowest BCUT2D eigenvalue weighted by Crippen LogP contribution is -2.58. The van der Waals surface area contributed by atoms with Gasteiger partial charge in [0.25, 0.3) is 0 Å². The maximum atomic E-state index is 13.4. The molecule has 2 heterocycles. The molecule has 3 rings (SSSR count). The third kappa shape index (κ3) is 2.16. The van der Waals surface area contributed by atoms with Crippen LogP contribution in [-0.2, 0) is 18.9 Å².